The van der Waals surface area contributed by atoms with Gasteiger partial charge in [-0.15, -0.1) is 0 Å². The fourth-order valence-corrected chi connectivity index (χ4v) is 4.94. The molecule has 134 valence electrons. The largest absolute Gasteiger partial charge is 0.337 e. The molecule has 2 rings (SSSR count). The first-order chi connectivity index (χ1) is 10.8. The number of sulfone groups is 1. The van der Waals surface area contributed by atoms with Crippen LogP contribution in [0.3, 0.4) is 0 Å². The van der Waals surface area contributed by atoms with Crippen molar-refractivity contribution in [2.24, 2.45) is 5.14 Å². The molecular weight excluding hydrogens is 352 g/mol. The second-order valence-corrected chi connectivity index (χ2v) is 11.4. The summed E-state index contributed by atoms with van der Waals surface area (Å²) in [7, 11) is -7.15. The Bertz CT molecular complexity index is 837. The Morgan fingerprint density at radius 1 is 1.12 bits per heavy atom. The highest BCUT2D eigenvalue weighted by Gasteiger charge is 2.41. The number of rotatable bonds is 3. The summed E-state index contributed by atoms with van der Waals surface area (Å²) >= 11 is 0. The van der Waals surface area contributed by atoms with Crippen LogP contribution in [0.2, 0.25) is 0 Å². The van der Waals surface area contributed by atoms with Crippen LogP contribution in [0.1, 0.15) is 37.6 Å². The molecule has 1 aromatic carbocycles. The molecule has 0 bridgehead atoms. The molecule has 1 amide bonds. The van der Waals surface area contributed by atoms with Crippen molar-refractivity contribution in [2.45, 2.75) is 42.1 Å². The van der Waals surface area contributed by atoms with E-state index in [1.807, 2.05) is 0 Å². The lowest BCUT2D eigenvalue weighted by molar-refractivity contribution is 0.0793. The summed E-state index contributed by atoms with van der Waals surface area (Å²) in [6.07, 6.45) is 0.403. The van der Waals surface area contributed by atoms with Crippen LogP contribution in [0, 0.1) is 0 Å². The zero-order valence-electron chi connectivity index (χ0n) is 13.9. The summed E-state index contributed by atoms with van der Waals surface area (Å²) in [4.78, 5) is 13.9. The van der Waals surface area contributed by atoms with E-state index in [0.29, 0.717) is 18.5 Å². The molecule has 1 aliphatic rings. The zero-order chi connectivity index (χ0) is 18.3. The first-order valence-electron chi connectivity index (χ1n) is 7.49. The molecule has 0 aliphatic carbocycles. The summed E-state index contributed by atoms with van der Waals surface area (Å²) in [5.74, 6) is -0.317. The molecule has 1 atom stereocenters. The molecule has 1 heterocycles. The first-order valence-corrected chi connectivity index (χ1v) is 10.6. The van der Waals surface area contributed by atoms with E-state index >= 15 is 0 Å². The highest BCUT2D eigenvalue weighted by molar-refractivity contribution is 7.93. The van der Waals surface area contributed by atoms with E-state index in [0.717, 1.165) is 0 Å². The number of hydrogen-bond donors (Lipinski definition) is 1. The number of likely N-dealkylation sites (tertiary alicyclic amines) is 1. The van der Waals surface area contributed by atoms with Crippen LogP contribution in [0.25, 0.3) is 0 Å². The van der Waals surface area contributed by atoms with Crippen LogP contribution in [-0.4, -0.2) is 50.7 Å². The summed E-state index contributed by atoms with van der Waals surface area (Å²) in [5, 5.41) is 4.44. The topological polar surface area (TPSA) is 115 Å². The third-order valence-electron chi connectivity index (χ3n) is 4.15. The fraction of sp³-hybridized carbons (Fsp3) is 0.533. The highest BCUT2D eigenvalue weighted by Crippen LogP contribution is 2.27. The van der Waals surface area contributed by atoms with Gasteiger partial charge in [-0.1, -0.05) is 0 Å². The molecule has 1 fully saturated rings. The Hall–Kier alpha value is -1.45. The molecule has 0 spiro atoms. The number of benzene rings is 1. The third kappa shape index (κ3) is 3.62. The molecular formula is C15H22N2O5S2. The number of carbonyl (C=O) groups excluding carboxylic acids is 1. The van der Waals surface area contributed by atoms with Gasteiger partial charge in [0.15, 0.2) is 9.84 Å². The summed E-state index contributed by atoms with van der Waals surface area (Å²) < 4.78 is 46.6. The Balaban J connectivity index is 2.16. The minimum Gasteiger partial charge on any atom is -0.337 e. The van der Waals surface area contributed by atoms with Gasteiger partial charge in [0.2, 0.25) is 10.0 Å². The van der Waals surface area contributed by atoms with Crippen LogP contribution in [0.15, 0.2) is 29.2 Å². The van der Waals surface area contributed by atoms with Crippen molar-refractivity contribution in [1.29, 1.82) is 0 Å². The molecule has 9 heteroatoms. The van der Waals surface area contributed by atoms with Gasteiger partial charge >= 0.3 is 0 Å². The van der Waals surface area contributed by atoms with E-state index in [2.05, 4.69) is 0 Å². The molecule has 24 heavy (non-hydrogen) atoms. The average Bonchev–Trinajstić information content (AvgIpc) is 2.95. The maximum Gasteiger partial charge on any atom is 0.253 e. The molecule has 0 aromatic heterocycles. The van der Waals surface area contributed by atoms with Crippen molar-refractivity contribution in [3.8, 4) is 0 Å². The lowest BCUT2D eigenvalue weighted by Crippen LogP contribution is -2.39. The minimum atomic E-state index is -3.81. The second-order valence-electron chi connectivity index (χ2n) is 6.89. The summed E-state index contributed by atoms with van der Waals surface area (Å²) in [6.45, 7) is 5.46. The van der Waals surface area contributed by atoms with Crippen molar-refractivity contribution < 1.29 is 21.6 Å². The standard InChI is InChI=1S/C15H22N2O5S2/c1-15(2,3)23(19,20)13-8-9-17(10-13)14(18)11-4-6-12(7-5-11)24(16,21)22/h4-7,13H,8-10H2,1-3H3,(H2,16,21,22)/t13-/m0/s1. The number of nitrogens with zero attached hydrogens (tertiary/aromatic N) is 1. The van der Waals surface area contributed by atoms with Crippen LogP contribution in [0.5, 0.6) is 0 Å². The number of carbonyl (C=O) groups is 1. The van der Waals surface area contributed by atoms with Crippen molar-refractivity contribution in [3.63, 3.8) is 0 Å². The van der Waals surface area contributed by atoms with E-state index in [9.17, 15) is 21.6 Å². The van der Waals surface area contributed by atoms with E-state index in [1.54, 1.807) is 20.8 Å². The van der Waals surface area contributed by atoms with Gasteiger partial charge in [-0.25, -0.2) is 22.0 Å². The van der Waals surface area contributed by atoms with Crippen LogP contribution < -0.4 is 5.14 Å². The van der Waals surface area contributed by atoms with Gasteiger partial charge in [0.25, 0.3) is 5.91 Å². The summed E-state index contributed by atoms with van der Waals surface area (Å²) in [6, 6.07) is 5.30. The van der Waals surface area contributed by atoms with E-state index in [4.69, 9.17) is 5.14 Å². The van der Waals surface area contributed by atoms with Crippen molar-refractivity contribution in [1.82, 2.24) is 4.90 Å². The van der Waals surface area contributed by atoms with Crippen molar-refractivity contribution in [2.75, 3.05) is 13.1 Å². The second kappa shape index (κ2) is 6.12. The number of hydrogen-bond acceptors (Lipinski definition) is 5. The lowest BCUT2D eigenvalue weighted by atomic mass is 10.2. The number of primary sulfonamides is 1. The Kier molecular flexibility index (Phi) is 4.82. The number of sulfonamides is 1. The normalized spacial score (nSPS) is 19.5. The maximum absolute atomic E-state index is 12.5. The van der Waals surface area contributed by atoms with Gasteiger partial charge in [0.1, 0.15) is 0 Å². The SMILES string of the molecule is CC(C)(C)S(=O)(=O)[C@H]1CCN(C(=O)c2ccc(S(N)(=O)=O)cc2)C1. The first kappa shape index (κ1) is 18.9. The van der Waals surface area contributed by atoms with Gasteiger partial charge in [0.05, 0.1) is 14.9 Å². The zero-order valence-corrected chi connectivity index (χ0v) is 15.5. The molecule has 7 nitrogen and oxygen atoms in total. The molecule has 1 aromatic rings. The fourth-order valence-electron chi connectivity index (χ4n) is 2.64. The Labute approximate surface area is 142 Å². The van der Waals surface area contributed by atoms with E-state index in [-0.39, 0.29) is 17.3 Å². The van der Waals surface area contributed by atoms with E-state index in [1.165, 1.54) is 29.2 Å². The van der Waals surface area contributed by atoms with Gasteiger partial charge < -0.3 is 4.90 Å². The van der Waals surface area contributed by atoms with E-state index < -0.39 is 29.9 Å². The van der Waals surface area contributed by atoms with Crippen LogP contribution in [-0.2, 0) is 19.9 Å². The summed E-state index contributed by atoms with van der Waals surface area (Å²) in [5.41, 5.74) is 0.302. The molecule has 0 unspecified atom stereocenters. The number of amides is 1. The highest BCUT2D eigenvalue weighted by atomic mass is 32.2. The number of nitrogens with two attached hydrogens (primary N) is 1. The van der Waals surface area contributed by atoms with Gasteiger partial charge in [-0.2, -0.15) is 0 Å². The average molecular weight is 374 g/mol. The lowest BCUT2D eigenvalue weighted by Gasteiger charge is -2.24. The van der Waals surface area contributed by atoms with Crippen molar-refractivity contribution >= 4 is 25.8 Å². The molecule has 1 saturated heterocycles. The Morgan fingerprint density at radius 3 is 2.12 bits per heavy atom. The molecule has 0 radical (unpaired) electrons. The third-order valence-corrected chi connectivity index (χ3v) is 8.05. The molecule has 2 N–H and O–H groups in total. The predicted molar refractivity (Wildman–Crippen MR) is 90.8 cm³/mol. The van der Waals surface area contributed by atoms with Gasteiger partial charge in [-0.05, 0) is 51.5 Å². The maximum atomic E-state index is 12.5. The Morgan fingerprint density at radius 2 is 1.67 bits per heavy atom. The quantitative estimate of drug-likeness (QED) is 0.839. The van der Waals surface area contributed by atoms with Gasteiger partial charge in [-0.3, -0.25) is 4.79 Å². The molecule has 1 aliphatic heterocycles. The monoisotopic (exact) mass is 374 g/mol. The molecule has 0 saturated carbocycles. The van der Waals surface area contributed by atoms with Crippen molar-refractivity contribution in [3.05, 3.63) is 29.8 Å². The smallest absolute Gasteiger partial charge is 0.253 e. The van der Waals surface area contributed by atoms with Crippen LogP contribution in [0.4, 0.5) is 0 Å². The minimum absolute atomic E-state index is 0.0753. The van der Waals surface area contributed by atoms with Gasteiger partial charge in [0, 0.05) is 18.7 Å². The van der Waals surface area contributed by atoms with Crippen LogP contribution >= 0.6 is 0 Å². The predicted octanol–water partition coefficient (Wildman–Crippen LogP) is 0.762.